The van der Waals surface area contributed by atoms with Crippen LogP contribution in [-0.2, 0) is 6.54 Å². The molecule has 0 spiro atoms. The fraction of sp³-hybridized carbons (Fsp3) is 0.538. The fourth-order valence-electron chi connectivity index (χ4n) is 2.14. The van der Waals surface area contributed by atoms with E-state index >= 15 is 0 Å². The maximum absolute atomic E-state index is 11.9. The van der Waals surface area contributed by atoms with Gasteiger partial charge in [0.15, 0.2) is 0 Å². The summed E-state index contributed by atoms with van der Waals surface area (Å²) in [7, 11) is 0. The highest BCUT2D eigenvalue weighted by molar-refractivity contribution is 5.74. The number of carbonyl (C=O) groups excluding carboxylic acids is 1. The molecule has 5 heteroatoms. The van der Waals surface area contributed by atoms with Crippen molar-refractivity contribution >= 4 is 6.03 Å². The summed E-state index contributed by atoms with van der Waals surface area (Å²) in [4.78, 5) is 17.9. The molecule has 2 rings (SSSR count). The maximum atomic E-state index is 11.9. The van der Waals surface area contributed by atoms with Crippen LogP contribution in [0, 0.1) is 12.8 Å². The van der Waals surface area contributed by atoms with Crippen LogP contribution in [0.3, 0.4) is 0 Å². The van der Waals surface area contributed by atoms with E-state index in [9.17, 15) is 4.79 Å². The highest BCUT2D eigenvalue weighted by Crippen LogP contribution is 2.15. The lowest BCUT2D eigenvalue weighted by Gasteiger charge is -2.17. The van der Waals surface area contributed by atoms with Crippen molar-refractivity contribution in [2.45, 2.75) is 19.9 Å². The zero-order valence-electron chi connectivity index (χ0n) is 10.6. The lowest BCUT2D eigenvalue weighted by molar-refractivity contribution is 0.198. The number of hydrogen-bond donors (Lipinski definition) is 2. The molecule has 0 radical (unpaired) electrons. The second-order valence-electron chi connectivity index (χ2n) is 4.71. The van der Waals surface area contributed by atoms with Crippen LogP contribution >= 0.6 is 0 Å². The van der Waals surface area contributed by atoms with Crippen LogP contribution in [0.25, 0.3) is 0 Å². The van der Waals surface area contributed by atoms with E-state index in [1.165, 1.54) is 0 Å². The van der Waals surface area contributed by atoms with Crippen molar-refractivity contribution in [2.24, 2.45) is 5.92 Å². The molecule has 1 saturated heterocycles. The van der Waals surface area contributed by atoms with Crippen molar-refractivity contribution in [3.05, 3.63) is 29.6 Å². The van der Waals surface area contributed by atoms with E-state index in [-0.39, 0.29) is 18.6 Å². The molecule has 1 aliphatic rings. The number of amides is 2. The molecular formula is C13H19N3O2. The first-order valence-corrected chi connectivity index (χ1v) is 6.25. The minimum atomic E-state index is -0.0731. The SMILES string of the molecule is Cc1cccnc1CNC(=O)N1CCC(CO)C1. The van der Waals surface area contributed by atoms with Gasteiger partial charge in [0.2, 0.25) is 0 Å². The Bertz CT molecular complexity index is 422. The van der Waals surface area contributed by atoms with Gasteiger partial charge in [-0.1, -0.05) is 6.07 Å². The molecule has 98 valence electrons. The topological polar surface area (TPSA) is 65.5 Å². The third kappa shape index (κ3) is 2.98. The number of carbonyl (C=O) groups is 1. The number of aliphatic hydroxyl groups excluding tert-OH is 1. The van der Waals surface area contributed by atoms with E-state index < -0.39 is 0 Å². The van der Waals surface area contributed by atoms with Crippen molar-refractivity contribution in [3.63, 3.8) is 0 Å². The molecule has 1 unspecified atom stereocenters. The van der Waals surface area contributed by atoms with Gasteiger partial charge in [0.05, 0.1) is 12.2 Å². The Labute approximate surface area is 107 Å². The number of aromatic nitrogens is 1. The first-order chi connectivity index (χ1) is 8.70. The van der Waals surface area contributed by atoms with E-state index in [1.807, 2.05) is 19.1 Å². The van der Waals surface area contributed by atoms with Gasteiger partial charge in [-0.25, -0.2) is 4.79 Å². The van der Waals surface area contributed by atoms with Crippen LogP contribution in [0.1, 0.15) is 17.7 Å². The summed E-state index contributed by atoms with van der Waals surface area (Å²) in [5.41, 5.74) is 1.97. The van der Waals surface area contributed by atoms with Gasteiger partial charge < -0.3 is 15.3 Å². The van der Waals surface area contributed by atoms with Crippen LogP contribution in [0.5, 0.6) is 0 Å². The molecule has 18 heavy (non-hydrogen) atoms. The van der Waals surface area contributed by atoms with E-state index in [4.69, 9.17) is 5.11 Å². The third-order valence-electron chi connectivity index (χ3n) is 3.36. The van der Waals surface area contributed by atoms with E-state index in [0.717, 1.165) is 24.2 Å². The Morgan fingerprint density at radius 2 is 2.50 bits per heavy atom. The number of rotatable bonds is 3. The Balaban J connectivity index is 1.84. The molecule has 2 heterocycles. The quantitative estimate of drug-likeness (QED) is 0.837. The van der Waals surface area contributed by atoms with Gasteiger partial charge in [-0.2, -0.15) is 0 Å². The van der Waals surface area contributed by atoms with Crippen LogP contribution in [-0.4, -0.2) is 40.7 Å². The zero-order chi connectivity index (χ0) is 13.0. The van der Waals surface area contributed by atoms with E-state index in [1.54, 1.807) is 11.1 Å². The summed E-state index contributed by atoms with van der Waals surface area (Å²) in [6, 6.07) is 3.79. The monoisotopic (exact) mass is 249 g/mol. The number of aliphatic hydroxyl groups is 1. The van der Waals surface area contributed by atoms with Crippen LogP contribution in [0.2, 0.25) is 0 Å². The van der Waals surface area contributed by atoms with Gasteiger partial charge in [0.25, 0.3) is 0 Å². The average molecular weight is 249 g/mol. The smallest absolute Gasteiger partial charge is 0.317 e. The van der Waals surface area contributed by atoms with Gasteiger partial charge in [0.1, 0.15) is 0 Å². The minimum absolute atomic E-state index is 0.0731. The fourth-order valence-corrected chi connectivity index (χ4v) is 2.14. The minimum Gasteiger partial charge on any atom is -0.396 e. The van der Waals surface area contributed by atoms with Crippen LogP contribution in [0.4, 0.5) is 4.79 Å². The molecule has 0 saturated carbocycles. The van der Waals surface area contributed by atoms with Gasteiger partial charge in [-0.3, -0.25) is 4.98 Å². The van der Waals surface area contributed by atoms with E-state index in [0.29, 0.717) is 13.1 Å². The molecule has 0 aromatic carbocycles. The van der Waals surface area contributed by atoms with Crippen molar-refractivity contribution < 1.29 is 9.90 Å². The number of nitrogens with one attached hydrogen (secondary N) is 1. The first kappa shape index (κ1) is 12.8. The lowest BCUT2D eigenvalue weighted by Crippen LogP contribution is -2.38. The molecule has 0 bridgehead atoms. The molecule has 1 aliphatic heterocycles. The highest BCUT2D eigenvalue weighted by Gasteiger charge is 2.25. The summed E-state index contributed by atoms with van der Waals surface area (Å²) >= 11 is 0. The predicted octanol–water partition coefficient (Wildman–Crippen LogP) is 0.914. The average Bonchev–Trinajstić information content (AvgIpc) is 2.86. The van der Waals surface area contributed by atoms with Crippen molar-refractivity contribution in [1.29, 1.82) is 0 Å². The number of likely N-dealkylation sites (tertiary alicyclic amines) is 1. The molecular weight excluding hydrogens is 230 g/mol. The number of aryl methyl sites for hydroxylation is 1. The summed E-state index contributed by atoms with van der Waals surface area (Å²) < 4.78 is 0. The summed E-state index contributed by atoms with van der Waals surface area (Å²) in [5, 5.41) is 11.9. The van der Waals surface area contributed by atoms with Gasteiger partial charge >= 0.3 is 6.03 Å². The van der Waals surface area contributed by atoms with Gasteiger partial charge in [-0.15, -0.1) is 0 Å². The number of hydrogen-bond acceptors (Lipinski definition) is 3. The summed E-state index contributed by atoms with van der Waals surface area (Å²) in [6.45, 7) is 3.95. The molecule has 0 aliphatic carbocycles. The van der Waals surface area contributed by atoms with Gasteiger partial charge in [0, 0.05) is 31.8 Å². The number of urea groups is 1. The first-order valence-electron chi connectivity index (χ1n) is 6.25. The van der Waals surface area contributed by atoms with Crippen LogP contribution in [0.15, 0.2) is 18.3 Å². The third-order valence-corrected chi connectivity index (χ3v) is 3.36. The van der Waals surface area contributed by atoms with Crippen molar-refractivity contribution in [3.8, 4) is 0 Å². The lowest BCUT2D eigenvalue weighted by atomic mass is 10.1. The Morgan fingerprint density at radius 1 is 1.67 bits per heavy atom. The van der Waals surface area contributed by atoms with Crippen LogP contribution < -0.4 is 5.32 Å². The Morgan fingerprint density at radius 3 is 3.17 bits per heavy atom. The molecule has 1 aromatic heterocycles. The Kier molecular flexibility index (Phi) is 4.15. The molecule has 1 aromatic rings. The molecule has 1 atom stereocenters. The maximum Gasteiger partial charge on any atom is 0.317 e. The standard InChI is InChI=1S/C13H19N3O2/c1-10-3-2-5-14-12(10)7-15-13(18)16-6-4-11(8-16)9-17/h2-3,5,11,17H,4,6-9H2,1H3,(H,15,18). The largest absolute Gasteiger partial charge is 0.396 e. The number of pyridine rings is 1. The second kappa shape index (κ2) is 5.82. The molecule has 2 amide bonds. The molecule has 5 nitrogen and oxygen atoms in total. The van der Waals surface area contributed by atoms with E-state index in [2.05, 4.69) is 10.3 Å². The normalized spacial score (nSPS) is 19.0. The highest BCUT2D eigenvalue weighted by atomic mass is 16.3. The van der Waals surface area contributed by atoms with Crippen molar-refractivity contribution in [1.82, 2.24) is 15.2 Å². The van der Waals surface area contributed by atoms with Crippen molar-refractivity contribution in [2.75, 3.05) is 19.7 Å². The van der Waals surface area contributed by atoms with Gasteiger partial charge in [-0.05, 0) is 25.0 Å². The summed E-state index contributed by atoms with van der Waals surface area (Å²) in [6.07, 6.45) is 2.61. The molecule has 1 fully saturated rings. The predicted molar refractivity (Wildman–Crippen MR) is 68.0 cm³/mol. The number of nitrogens with zero attached hydrogens (tertiary/aromatic N) is 2. The second-order valence-corrected chi connectivity index (χ2v) is 4.71. The summed E-state index contributed by atoms with van der Waals surface area (Å²) in [5.74, 6) is 0.229. The zero-order valence-corrected chi connectivity index (χ0v) is 10.6. The molecule has 2 N–H and O–H groups in total. The Hall–Kier alpha value is -1.62.